The summed E-state index contributed by atoms with van der Waals surface area (Å²) in [5.74, 6) is -1.43. The lowest BCUT2D eigenvalue weighted by molar-refractivity contribution is -0.131. The maximum absolute atomic E-state index is 13.9. The first-order chi connectivity index (χ1) is 14.2. The molecule has 2 heterocycles. The van der Waals surface area contributed by atoms with Gasteiger partial charge in [-0.2, -0.15) is 0 Å². The number of pyridine rings is 1. The third-order valence-electron chi connectivity index (χ3n) is 5.24. The summed E-state index contributed by atoms with van der Waals surface area (Å²) in [5.41, 5.74) is 3.43. The summed E-state index contributed by atoms with van der Waals surface area (Å²) >= 11 is 0. The molecule has 162 valence electrons. The van der Waals surface area contributed by atoms with Crippen molar-refractivity contribution in [1.82, 2.24) is 14.6 Å². The number of hydrogen-bond acceptors (Lipinski definition) is 4. The fourth-order valence-electron chi connectivity index (χ4n) is 3.65. The molecule has 0 atom stereocenters. The van der Waals surface area contributed by atoms with Crippen LogP contribution in [-0.4, -0.2) is 36.5 Å². The second-order valence-corrected chi connectivity index (χ2v) is 9.37. The molecule has 6 nitrogen and oxygen atoms in total. The number of carbonyl (C=O) groups is 1. The predicted octanol–water partition coefficient (Wildman–Crippen LogP) is 2.63. The van der Waals surface area contributed by atoms with Crippen LogP contribution in [0.25, 0.3) is 0 Å². The molecule has 0 spiro atoms. The summed E-state index contributed by atoms with van der Waals surface area (Å²) in [7, 11) is -3.35. The Morgan fingerprint density at radius 3 is 2.80 bits per heavy atom. The fourth-order valence-corrected chi connectivity index (χ4v) is 4.69. The number of rotatable bonds is 7. The van der Waals surface area contributed by atoms with Gasteiger partial charge in [-0.05, 0) is 54.7 Å². The van der Waals surface area contributed by atoms with Crippen LogP contribution in [-0.2, 0) is 40.7 Å². The second-order valence-electron chi connectivity index (χ2n) is 7.44. The summed E-state index contributed by atoms with van der Waals surface area (Å²) in [6.45, 7) is 4.51. The molecule has 0 saturated carbocycles. The molecule has 1 aliphatic rings. The van der Waals surface area contributed by atoms with Crippen molar-refractivity contribution >= 4 is 15.9 Å². The zero-order valence-corrected chi connectivity index (χ0v) is 17.9. The van der Waals surface area contributed by atoms with Gasteiger partial charge in [0.25, 0.3) is 0 Å². The Balaban J connectivity index is 1.74. The third-order valence-corrected chi connectivity index (χ3v) is 6.77. The molecule has 1 N–H and O–H groups in total. The maximum Gasteiger partial charge on any atom is 0.227 e. The largest absolute Gasteiger partial charge is 0.338 e. The SMILES string of the molecule is CCCS(=O)(=O)NCc1c(C)ncc2c1CCN(C(=O)Cc1cc(F)ccc1F)C2. The molecule has 9 heteroatoms. The Hall–Kier alpha value is -2.39. The van der Waals surface area contributed by atoms with E-state index in [1.807, 2.05) is 6.92 Å². The predicted molar refractivity (Wildman–Crippen MR) is 109 cm³/mol. The second kappa shape index (κ2) is 9.18. The normalized spacial score (nSPS) is 13.9. The van der Waals surface area contributed by atoms with Crippen LogP contribution in [0.1, 0.15) is 41.3 Å². The smallest absolute Gasteiger partial charge is 0.227 e. The summed E-state index contributed by atoms with van der Waals surface area (Å²) in [4.78, 5) is 18.6. The fraction of sp³-hybridized carbons (Fsp3) is 0.429. The Kier molecular flexibility index (Phi) is 6.82. The molecular weight excluding hydrogens is 412 g/mol. The Labute approximate surface area is 175 Å². The van der Waals surface area contributed by atoms with Crippen LogP contribution < -0.4 is 4.72 Å². The topological polar surface area (TPSA) is 79.4 Å². The molecule has 2 aromatic rings. The van der Waals surface area contributed by atoms with Gasteiger partial charge in [0.2, 0.25) is 15.9 Å². The van der Waals surface area contributed by atoms with E-state index in [1.165, 1.54) is 0 Å². The van der Waals surface area contributed by atoms with Crippen LogP contribution in [0.4, 0.5) is 8.78 Å². The molecular formula is C21H25F2N3O3S. The van der Waals surface area contributed by atoms with E-state index in [9.17, 15) is 22.0 Å². The van der Waals surface area contributed by atoms with Crippen LogP contribution in [0.15, 0.2) is 24.4 Å². The van der Waals surface area contributed by atoms with Crippen molar-refractivity contribution in [3.05, 3.63) is 64.0 Å². The molecule has 1 aliphatic heterocycles. The van der Waals surface area contributed by atoms with Crippen molar-refractivity contribution in [2.24, 2.45) is 0 Å². The molecule has 1 aromatic carbocycles. The van der Waals surface area contributed by atoms with Crippen LogP contribution >= 0.6 is 0 Å². The van der Waals surface area contributed by atoms with Gasteiger partial charge in [-0.3, -0.25) is 9.78 Å². The van der Waals surface area contributed by atoms with Crippen LogP contribution in [0.2, 0.25) is 0 Å². The molecule has 0 aliphatic carbocycles. The molecule has 30 heavy (non-hydrogen) atoms. The molecule has 0 fully saturated rings. The van der Waals surface area contributed by atoms with Crippen molar-refractivity contribution in [3.63, 3.8) is 0 Å². The minimum absolute atomic E-state index is 0.0267. The van der Waals surface area contributed by atoms with Gasteiger partial charge in [-0.15, -0.1) is 0 Å². The zero-order valence-electron chi connectivity index (χ0n) is 17.0. The summed E-state index contributed by atoms with van der Waals surface area (Å²) in [6.07, 6.45) is 2.54. The van der Waals surface area contributed by atoms with Crippen molar-refractivity contribution < 1.29 is 22.0 Å². The number of sulfonamides is 1. The highest BCUT2D eigenvalue weighted by molar-refractivity contribution is 7.89. The number of aromatic nitrogens is 1. The Bertz CT molecular complexity index is 1060. The number of benzene rings is 1. The summed E-state index contributed by atoms with van der Waals surface area (Å²) in [5, 5.41) is 0. The molecule has 3 rings (SSSR count). The lowest BCUT2D eigenvalue weighted by Crippen LogP contribution is -2.38. The van der Waals surface area contributed by atoms with Gasteiger partial charge in [0.15, 0.2) is 0 Å². The number of halogens is 2. The average molecular weight is 438 g/mol. The first-order valence-corrected chi connectivity index (χ1v) is 11.5. The average Bonchev–Trinajstić information content (AvgIpc) is 2.69. The highest BCUT2D eigenvalue weighted by Crippen LogP contribution is 2.25. The number of fused-ring (bicyclic) bond motifs is 1. The van der Waals surface area contributed by atoms with Gasteiger partial charge < -0.3 is 4.90 Å². The van der Waals surface area contributed by atoms with E-state index in [2.05, 4.69) is 9.71 Å². The maximum atomic E-state index is 13.9. The van der Waals surface area contributed by atoms with Crippen LogP contribution in [0.5, 0.6) is 0 Å². The molecule has 0 bridgehead atoms. The van der Waals surface area contributed by atoms with Crippen molar-refractivity contribution in [3.8, 4) is 0 Å². The van der Waals surface area contributed by atoms with Gasteiger partial charge in [0.1, 0.15) is 11.6 Å². The monoisotopic (exact) mass is 437 g/mol. The van der Waals surface area contributed by atoms with E-state index < -0.39 is 21.7 Å². The van der Waals surface area contributed by atoms with E-state index in [1.54, 1.807) is 18.0 Å². The van der Waals surface area contributed by atoms with Gasteiger partial charge >= 0.3 is 0 Å². The Morgan fingerprint density at radius 1 is 1.30 bits per heavy atom. The minimum Gasteiger partial charge on any atom is -0.338 e. The van der Waals surface area contributed by atoms with Crippen molar-refractivity contribution in [1.29, 1.82) is 0 Å². The number of aryl methyl sites for hydroxylation is 1. The van der Waals surface area contributed by atoms with E-state index in [0.717, 1.165) is 40.6 Å². The third kappa shape index (κ3) is 5.20. The number of amides is 1. The molecule has 0 saturated heterocycles. The molecule has 0 unspecified atom stereocenters. The minimum atomic E-state index is -3.35. The van der Waals surface area contributed by atoms with Crippen LogP contribution in [0.3, 0.4) is 0 Å². The number of nitrogens with zero attached hydrogens (tertiary/aromatic N) is 2. The Morgan fingerprint density at radius 2 is 2.07 bits per heavy atom. The first kappa shape index (κ1) is 22.3. The lowest BCUT2D eigenvalue weighted by Gasteiger charge is -2.30. The van der Waals surface area contributed by atoms with E-state index in [4.69, 9.17) is 0 Å². The quantitative estimate of drug-likeness (QED) is 0.722. The van der Waals surface area contributed by atoms with Gasteiger partial charge in [-0.25, -0.2) is 21.9 Å². The highest BCUT2D eigenvalue weighted by Gasteiger charge is 2.25. The van der Waals surface area contributed by atoms with Crippen molar-refractivity contribution in [2.45, 2.75) is 46.2 Å². The highest BCUT2D eigenvalue weighted by atomic mass is 32.2. The van der Waals surface area contributed by atoms with Gasteiger partial charge in [0.05, 0.1) is 12.2 Å². The summed E-state index contributed by atoms with van der Waals surface area (Å²) < 4.78 is 53.9. The standard InChI is InChI=1S/C21H25F2N3O3S/c1-3-8-30(28,29)25-12-19-14(2)24-11-16-13-26(7-6-18(16)19)21(27)10-15-9-17(22)4-5-20(15)23/h4-5,9,11,25H,3,6-8,10,12-13H2,1-2H3. The van der Waals surface area contributed by atoms with E-state index in [0.29, 0.717) is 25.9 Å². The number of nitrogens with one attached hydrogen (secondary N) is 1. The van der Waals surface area contributed by atoms with Crippen molar-refractivity contribution in [2.75, 3.05) is 12.3 Å². The number of carbonyl (C=O) groups excluding carboxylic acids is 1. The number of hydrogen-bond donors (Lipinski definition) is 1. The molecule has 1 amide bonds. The molecule has 0 radical (unpaired) electrons. The van der Waals surface area contributed by atoms with Crippen LogP contribution in [0, 0.1) is 18.6 Å². The van der Waals surface area contributed by atoms with Gasteiger partial charge in [-0.1, -0.05) is 6.92 Å². The lowest BCUT2D eigenvalue weighted by atomic mass is 9.94. The molecule has 1 aromatic heterocycles. The van der Waals surface area contributed by atoms with E-state index in [-0.39, 0.29) is 30.2 Å². The zero-order chi connectivity index (χ0) is 21.9. The van der Waals surface area contributed by atoms with Gasteiger partial charge in [0, 0.05) is 37.1 Å². The summed E-state index contributed by atoms with van der Waals surface area (Å²) in [6, 6.07) is 3.07. The first-order valence-electron chi connectivity index (χ1n) is 9.85. The van der Waals surface area contributed by atoms with E-state index >= 15 is 0 Å².